The minimum atomic E-state index is 0. The zero-order valence-corrected chi connectivity index (χ0v) is 6.84. The quantitative estimate of drug-likeness (QED) is 0.291. The van der Waals surface area contributed by atoms with E-state index >= 15 is 0 Å². The lowest BCUT2D eigenvalue weighted by Gasteiger charge is -1.88. The summed E-state index contributed by atoms with van der Waals surface area (Å²) in [6.07, 6.45) is 1.04. The Morgan fingerprint density at radius 1 is 1.44 bits per heavy atom. The zero-order chi connectivity index (χ0) is 5.54. The van der Waals surface area contributed by atoms with Crippen molar-refractivity contribution in [2.45, 2.75) is 13.3 Å². The van der Waals surface area contributed by atoms with Crippen LogP contribution in [0.25, 0.3) is 0 Å². The van der Waals surface area contributed by atoms with Crippen molar-refractivity contribution in [1.82, 2.24) is 5.43 Å². The van der Waals surface area contributed by atoms with Crippen LogP contribution in [-0.2, 0) is 0 Å². The summed E-state index contributed by atoms with van der Waals surface area (Å²) >= 11 is 0. The molecule has 0 bridgehead atoms. The van der Waals surface area contributed by atoms with Gasteiger partial charge < -0.3 is 5.84 Å². The molecule has 9 heavy (non-hydrogen) atoms. The summed E-state index contributed by atoms with van der Waals surface area (Å²) < 4.78 is 0. The maximum atomic E-state index is 4.67. The molecule has 4 nitrogen and oxygen atoms in total. The molecule has 0 aliphatic rings. The summed E-state index contributed by atoms with van der Waals surface area (Å²) in [5.41, 5.74) is 2.62. The van der Waals surface area contributed by atoms with Crippen molar-refractivity contribution in [3.8, 4) is 0 Å². The molecular formula is C3H12Cl2N4. The fraction of sp³-hybridized carbons (Fsp3) is 1.00. The molecule has 58 valence electrons. The van der Waals surface area contributed by atoms with E-state index in [1.807, 2.05) is 6.92 Å². The molecule has 3 N–H and O–H groups in total. The van der Waals surface area contributed by atoms with Crippen LogP contribution in [0.3, 0.4) is 0 Å². The van der Waals surface area contributed by atoms with Crippen molar-refractivity contribution in [3.05, 3.63) is 0 Å². The van der Waals surface area contributed by atoms with Crippen LogP contribution in [0.5, 0.6) is 0 Å². The van der Waals surface area contributed by atoms with Gasteiger partial charge in [0.15, 0.2) is 0 Å². The van der Waals surface area contributed by atoms with Crippen LogP contribution in [0.15, 0.2) is 10.4 Å². The maximum Gasteiger partial charge on any atom is 0.0344 e. The van der Waals surface area contributed by atoms with Crippen LogP contribution in [0.4, 0.5) is 0 Å². The number of hydrogen-bond acceptors (Lipinski definition) is 2. The third-order valence-electron chi connectivity index (χ3n) is 0.490. The smallest absolute Gasteiger partial charge is 0.0344 e. The van der Waals surface area contributed by atoms with Crippen molar-refractivity contribution in [3.63, 3.8) is 0 Å². The van der Waals surface area contributed by atoms with E-state index in [0.29, 0.717) is 0 Å². The molecule has 6 heteroatoms. The molecular weight excluding hydrogens is 163 g/mol. The first-order chi connectivity index (χ1) is 3.41. The van der Waals surface area contributed by atoms with E-state index in [4.69, 9.17) is 0 Å². The number of nitrogens with one attached hydrogen (secondary N) is 1. The highest BCUT2D eigenvalue weighted by atomic mass is 35.5. The van der Waals surface area contributed by atoms with Gasteiger partial charge in [-0.3, -0.25) is 5.43 Å². The van der Waals surface area contributed by atoms with E-state index in [-0.39, 0.29) is 24.8 Å². The van der Waals surface area contributed by atoms with Crippen LogP contribution in [0.1, 0.15) is 13.3 Å². The Bertz CT molecular complexity index is 57.8. The summed E-state index contributed by atoms with van der Waals surface area (Å²) in [6, 6.07) is 0. The van der Waals surface area contributed by atoms with Gasteiger partial charge in [0.25, 0.3) is 0 Å². The molecule has 0 fully saturated rings. The topological polar surface area (TPSA) is 62.8 Å². The summed E-state index contributed by atoms with van der Waals surface area (Å²) in [7, 11) is 0. The van der Waals surface area contributed by atoms with Gasteiger partial charge in [-0.1, -0.05) is 17.4 Å². The lowest BCUT2D eigenvalue weighted by molar-refractivity contribution is 0.663. The van der Waals surface area contributed by atoms with Gasteiger partial charge in [0, 0.05) is 6.54 Å². The van der Waals surface area contributed by atoms with Crippen molar-refractivity contribution in [2.75, 3.05) is 6.54 Å². The van der Waals surface area contributed by atoms with E-state index in [2.05, 4.69) is 21.7 Å². The fourth-order valence-electron chi connectivity index (χ4n) is 0.203. The highest BCUT2D eigenvalue weighted by Gasteiger charge is 1.70. The molecule has 0 saturated carbocycles. The van der Waals surface area contributed by atoms with Crippen LogP contribution in [0, 0.1) is 0 Å². The summed E-state index contributed by atoms with van der Waals surface area (Å²) in [5, 5.41) is 6.30. The Morgan fingerprint density at radius 2 is 2.00 bits per heavy atom. The number of halogens is 2. The lowest BCUT2D eigenvalue weighted by atomic mass is 10.5. The van der Waals surface area contributed by atoms with E-state index in [1.54, 1.807) is 0 Å². The highest BCUT2D eigenvalue weighted by molar-refractivity contribution is 5.85. The van der Waals surface area contributed by atoms with E-state index in [0.717, 1.165) is 13.0 Å². The molecule has 0 saturated heterocycles. The fourth-order valence-corrected chi connectivity index (χ4v) is 0.203. The van der Waals surface area contributed by atoms with E-state index in [9.17, 15) is 0 Å². The molecule has 0 amide bonds. The molecule has 0 aliphatic heterocycles. The van der Waals surface area contributed by atoms with Crippen molar-refractivity contribution >= 4 is 24.8 Å². The number of nitrogens with two attached hydrogens (primary N) is 1. The minimum absolute atomic E-state index is 0. The second kappa shape index (κ2) is 15.7. The standard InChI is InChI=1S/C3H10N4.2ClH/c1-2-3-5-7-6-4;;/h2-3H2,1H3,(H2,4,7)(H,5,6);2*1H. The average Bonchev–Trinajstić information content (AvgIpc) is 1.69. The van der Waals surface area contributed by atoms with Gasteiger partial charge >= 0.3 is 0 Å². The second-order valence-electron chi connectivity index (χ2n) is 1.12. The normalized spacial score (nSPS) is 7.67. The van der Waals surface area contributed by atoms with Crippen molar-refractivity contribution in [1.29, 1.82) is 0 Å². The SMILES string of the molecule is CCCN/N=N/N.Cl.Cl. The minimum Gasteiger partial charge on any atom is -0.303 e. The molecule has 0 rings (SSSR count). The van der Waals surface area contributed by atoms with Gasteiger partial charge in [-0.05, 0) is 6.42 Å². The largest absolute Gasteiger partial charge is 0.303 e. The Kier molecular flexibility index (Phi) is 27.7. The Labute approximate surface area is 67.1 Å². The van der Waals surface area contributed by atoms with Crippen molar-refractivity contribution < 1.29 is 0 Å². The Morgan fingerprint density at radius 3 is 2.33 bits per heavy atom. The van der Waals surface area contributed by atoms with Crippen LogP contribution in [0.2, 0.25) is 0 Å². The van der Waals surface area contributed by atoms with Gasteiger partial charge in [-0.25, -0.2) is 0 Å². The molecule has 0 aromatic heterocycles. The Balaban J connectivity index is -0.000000180. The monoisotopic (exact) mass is 174 g/mol. The van der Waals surface area contributed by atoms with Gasteiger partial charge in [-0.2, -0.15) is 0 Å². The molecule has 0 aliphatic carbocycles. The predicted molar refractivity (Wildman–Crippen MR) is 41.8 cm³/mol. The molecule has 0 spiro atoms. The van der Waals surface area contributed by atoms with Gasteiger partial charge in [0.1, 0.15) is 0 Å². The van der Waals surface area contributed by atoms with Crippen LogP contribution < -0.4 is 11.3 Å². The van der Waals surface area contributed by atoms with Gasteiger partial charge in [0.05, 0.1) is 0 Å². The first kappa shape index (κ1) is 15.9. The lowest BCUT2D eigenvalue weighted by Crippen LogP contribution is -2.05. The van der Waals surface area contributed by atoms with Gasteiger partial charge in [0.2, 0.25) is 0 Å². The molecule has 0 atom stereocenters. The molecule has 0 heterocycles. The molecule has 0 aromatic carbocycles. The number of rotatable bonds is 3. The Hall–Kier alpha value is -0.220. The first-order valence-corrected chi connectivity index (χ1v) is 2.24. The molecule has 0 aromatic rings. The first-order valence-electron chi connectivity index (χ1n) is 2.24. The van der Waals surface area contributed by atoms with Crippen molar-refractivity contribution in [2.24, 2.45) is 16.3 Å². The van der Waals surface area contributed by atoms with Crippen LogP contribution >= 0.6 is 24.8 Å². The number of nitrogens with zero attached hydrogens (tertiary/aromatic N) is 2. The molecule has 0 radical (unpaired) electrons. The highest BCUT2D eigenvalue weighted by Crippen LogP contribution is 1.67. The summed E-state index contributed by atoms with van der Waals surface area (Å²) in [5.74, 6) is 4.67. The average molecular weight is 175 g/mol. The second-order valence-corrected chi connectivity index (χ2v) is 1.12. The summed E-state index contributed by atoms with van der Waals surface area (Å²) in [4.78, 5) is 0. The molecule has 0 unspecified atom stereocenters. The number of hydrogen-bond donors (Lipinski definition) is 2. The van der Waals surface area contributed by atoms with E-state index < -0.39 is 0 Å². The van der Waals surface area contributed by atoms with Gasteiger partial charge in [-0.15, -0.1) is 24.8 Å². The van der Waals surface area contributed by atoms with Crippen LogP contribution in [-0.4, -0.2) is 6.54 Å². The van der Waals surface area contributed by atoms with E-state index in [1.165, 1.54) is 0 Å². The zero-order valence-electron chi connectivity index (χ0n) is 5.20. The summed E-state index contributed by atoms with van der Waals surface area (Å²) in [6.45, 7) is 2.87. The third kappa shape index (κ3) is 18.2. The predicted octanol–water partition coefficient (Wildman–Crippen LogP) is 1.07. The maximum absolute atomic E-state index is 4.67. The third-order valence-corrected chi connectivity index (χ3v) is 0.490.